The van der Waals surface area contributed by atoms with E-state index in [-0.39, 0.29) is 18.1 Å². The predicted octanol–water partition coefficient (Wildman–Crippen LogP) is 6.97. The van der Waals surface area contributed by atoms with Gasteiger partial charge >= 0.3 is 6.09 Å². The summed E-state index contributed by atoms with van der Waals surface area (Å²) < 4.78 is 11.5. The molecule has 1 aromatic carbocycles. The van der Waals surface area contributed by atoms with Crippen molar-refractivity contribution in [3.05, 3.63) is 29.8 Å². The predicted molar refractivity (Wildman–Crippen MR) is 156 cm³/mol. The molecule has 0 fully saturated rings. The van der Waals surface area contributed by atoms with E-state index in [0.29, 0.717) is 19.5 Å². The summed E-state index contributed by atoms with van der Waals surface area (Å²) in [6, 6.07) is 8.19. The lowest BCUT2D eigenvalue weighted by Crippen LogP contribution is -2.33. The van der Waals surface area contributed by atoms with Crippen molar-refractivity contribution in [1.82, 2.24) is 10.2 Å². The van der Waals surface area contributed by atoms with Gasteiger partial charge in [-0.25, -0.2) is 4.79 Å². The molecule has 2 amide bonds. The van der Waals surface area contributed by atoms with Gasteiger partial charge in [-0.05, 0) is 65.9 Å². The highest BCUT2D eigenvalue weighted by molar-refractivity contribution is 5.75. The maximum atomic E-state index is 12.7. The standard InChI is InChI=1S/C31H55N3O4/c1-7-8-9-10-12-18-27(32)22-21-25(2)37-28-19-15-14-17-26(28)24-34(6)29(35)20-13-11-16-23-33-30(36)38-31(3,4)5/h14-15,17,19,25,27H,7-13,16,18,20-24,32H2,1-6H3,(H,33,36). The Balaban J connectivity index is 2.34. The van der Waals surface area contributed by atoms with Crippen LogP contribution in [0.15, 0.2) is 24.3 Å². The Morgan fingerprint density at radius 1 is 0.974 bits per heavy atom. The van der Waals surface area contributed by atoms with Gasteiger partial charge in [0.1, 0.15) is 11.4 Å². The number of rotatable bonds is 19. The maximum Gasteiger partial charge on any atom is 0.407 e. The molecular weight excluding hydrogens is 478 g/mol. The summed E-state index contributed by atoms with van der Waals surface area (Å²) in [6.45, 7) is 10.9. The van der Waals surface area contributed by atoms with Gasteiger partial charge in [-0.2, -0.15) is 0 Å². The number of para-hydroxylation sites is 1. The fourth-order valence-corrected chi connectivity index (χ4v) is 4.25. The smallest absolute Gasteiger partial charge is 0.407 e. The third kappa shape index (κ3) is 16.5. The molecule has 7 nitrogen and oxygen atoms in total. The average Bonchev–Trinajstić information content (AvgIpc) is 2.84. The number of hydrogen-bond acceptors (Lipinski definition) is 5. The van der Waals surface area contributed by atoms with Crippen LogP contribution >= 0.6 is 0 Å². The van der Waals surface area contributed by atoms with E-state index in [2.05, 4.69) is 19.2 Å². The molecule has 0 aliphatic heterocycles. The summed E-state index contributed by atoms with van der Waals surface area (Å²) in [5.41, 5.74) is 6.85. The summed E-state index contributed by atoms with van der Waals surface area (Å²) in [7, 11) is 1.84. The molecule has 2 unspecified atom stereocenters. The lowest BCUT2D eigenvalue weighted by Gasteiger charge is -2.22. The van der Waals surface area contributed by atoms with Crippen LogP contribution in [0.1, 0.15) is 117 Å². The zero-order valence-corrected chi connectivity index (χ0v) is 25.0. The first-order chi connectivity index (χ1) is 18.0. The van der Waals surface area contributed by atoms with E-state index >= 15 is 0 Å². The Hall–Kier alpha value is -2.28. The fraction of sp³-hybridized carbons (Fsp3) is 0.742. The van der Waals surface area contributed by atoms with E-state index in [9.17, 15) is 9.59 Å². The molecule has 0 aromatic heterocycles. The number of alkyl carbamates (subject to hydrolysis) is 1. The zero-order chi connectivity index (χ0) is 28.4. The Morgan fingerprint density at radius 3 is 2.37 bits per heavy atom. The van der Waals surface area contributed by atoms with Crippen LogP contribution in [0, 0.1) is 0 Å². The number of nitrogens with two attached hydrogens (primary N) is 1. The molecule has 2 atom stereocenters. The van der Waals surface area contributed by atoms with Gasteiger partial charge in [-0.15, -0.1) is 0 Å². The number of carbonyl (C=O) groups is 2. The van der Waals surface area contributed by atoms with E-state index in [1.54, 1.807) is 4.90 Å². The summed E-state index contributed by atoms with van der Waals surface area (Å²) >= 11 is 0. The highest BCUT2D eigenvalue weighted by Crippen LogP contribution is 2.23. The Labute approximate surface area is 232 Å². The number of unbranched alkanes of at least 4 members (excludes halogenated alkanes) is 6. The van der Waals surface area contributed by atoms with E-state index < -0.39 is 11.7 Å². The molecule has 0 radical (unpaired) electrons. The number of ether oxygens (including phenoxy) is 2. The normalized spacial score (nSPS) is 13.0. The van der Waals surface area contributed by atoms with Crippen LogP contribution < -0.4 is 15.8 Å². The van der Waals surface area contributed by atoms with Crippen LogP contribution in [0.4, 0.5) is 4.79 Å². The Morgan fingerprint density at radius 2 is 1.66 bits per heavy atom. The summed E-state index contributed by atoms with van der Waals surface area (Å²) in [5, 5.41) is 2.76. The lowest BCUT2D eigenvalue weighted by atomic mass is 10.0. The largest absolute Gasteiger partial charge is 0.490 e. The number of nitrogens with one attached hydrogen (secondary N) is 1. The molecule has 0 saturated carbocycles. The molecule has 3 N–H and O–H groups in total. The van der Waals surface area contributed by atoms with Gasteiger partial charge in [0.05, 0.1) is 6.10 Å². The van der Waals surface area contributed by atoms with Crippen LogP contribution in [0.25, 0.3) is 0 Å². The molecule has 0 heterocycles. The van der Waals surface area contributed by atoms with Crippen LogP contribution in [-0.2, 0) is 16.1 Å². The van der Waals surface area contributed by atoms with Gasteiger partial charge in [0, 0.05) is 38.2 Å². The molecule has 1 rings (SSSR count). The molecule has 0 aliphatic carbocycles. The molecule has 0 aliphatic rings. The Bertz CT molecular complexity index is 794. The number of nitrogens with zero attached hydrogens (tertiary/aromatic N) is 1. The first-order valence-electron chi connectivity index (χ1n) is 14.7. The van der Waals surface area contributed by atoms with Crippen molar-refractivity contribution < 1.29 is 19.1 Å². The van der Waals surface area contributed by atoms with Crippen LogP contribution in [-0.4, -0.2) is 48.2 Å². The number of carbonyl (C=O) groups excluding carboxylic acids is 2. The highest BCUT2D eigenvalue weighted by Gasteiger charge is 2.16. The second kappa shape index (κ2) is 18.9. The summed E-state index contributed by atoms with van der Waals surface area (Å²) in [4.78, 5) is 26.1. The quantitative estimate of drug-likeness (QED) is 0.187. The van der Waals surface area contributed by atoms with E-state index in [4.69, 9.17) is 15.2 Å². The van der Waals surface area contributed by atoms with Crippen molar-refractivity contribution in [2.45, 2.75) is 136 Å². The molecule has 218 valence electrons. The maximum absolute atomic E-state index is 12.7. The second-order valence-corrected chi connectivity index (χ2v) is 11.6. The van der Waals surface area contributed by atoms with Crippen molar-refractivity contribution >= 4 is 12.0 Å². The molecule has 38 heavy (non-hydrogen) atoms. The van der Waals surface area contributed by atoms with Gasteiger partial charge in [-0.1, -0.05) is 63.6 Å². The van der Waals surface area contributed by atoms with Crippen LogP contribution in [0.5, 0.6) is 5.75 Å². The lowest BCUT2D eigenvalue weighted by molar-refractivity contribution is -0.130. The molecule has 0 spiro atoms. The number of benzene rings is 1. The number of hydrogen-bond donors (Lipinski definition) is 2. The Kier molecular flexibility index (Phi) is 16.8. The van der Waals surface area contributed by atoms with E-state index in [1.807, 2.05) is 52.1 Å². The average molecular weight is 534 g/mol. The first-order valence-corrected chi connectivity index (χ1v) is 14.7. The SMILES string of the molecule is CCCCCCCC(N)CCC(C)Oc1ccccc1CN(C)C(=O)CCCCCNC(=O)OC(C)(C)C. The van der Waals surface area contributed by atoms with Crippen molar-refractivity contribution in [2.24, 2.45) is 5.73 Å². The van der Waals surface area contributed by atoms with Crippen molar-refractivity contribution in [3.8, 4) is 5.75 Å². The van der Waals surface area contributed by atoms with Crippen molar-refractivity contribution in [2.75, 3.05) is 13.6 Å². The monoisotopic (exact) mass is 533 g/mol. The topological polar surface area (TPSA) is 93.9 Å². The van der Waals surface area contributed by atoms with Crippen LogP contribution in [0.2, 0.25) is 0 Å². The fourth-order valence-electron chi connectivity index (χ4n) is 4.25. The van der Waals surface area contributed by atoms with Gasteiger partial charge < -0.3 is 25.4 Å². The summed E-state index contributed by atoms with van der Waals surface area (Å²) in [5.74, 6) is 0.943. The minimum Gasteiger partial charge on any atom is -0.490 e. The second-order valence-electron chi connectivity index (χ2n) is 11.6. The van der Waals surface area contributed by atoms with Gasteiger partial charge in [-0.3, -0.25) is 4.79 Å². The van der Waals surface area contributed by atoms with Crippen LogP contribution in [0.3, 0.4) is 0 Å². The van der Waals surface area contributed by atoms with Gasteiger partial charge in [0.15, 0.2) is 0 Å². The van der Waals surface area contributed by atoms with Gasteiger partial charge in [0.25, 0.3) is 0 Å². The molecule has 0 saturated heterocycles. The van der Waals surface area contributed by atoms with Crippen molar-refractivity contribution in [1.29, 1.82) is 0 Å². The first kappa shape index (κ1) is 33.7. The summed E-state index contributed by atoms with van der Waals surface area (Å²) in [6.07, 6.45) is 12.0. The molecular formula is C31H55N3O4. The minimum absolute atomic E-state index is 0.0672. The highest BCUT2D eigenvalue weighted by atomic mass is 16.6. The number of amides is 2. The van der Waals surface area contributed by atoms with E-state index in [0.717, 1.165) is 49.8 Å². The van der Waals surface area contributed by atoms with E-state index in [1.165, 1.54) is 32.1 Å². The third-order valence-corrected chi connectivity index (χ3v) is 6.49. The third-order valence-electron chi connectivity index (χ3n) is 6.49. The van der Waals surface area contributed by atoms with Gasteiger partial charge in [0.2, 0.25) is 5.91 Å². The molecule has 0 bridgehead atoms. The zero-order valence-electron chi connectivity index (χ0n) is 25.0. The molecule has 7 heteroatoms. The minimum atomic E-state index is -0.496. The molecule has 1 aromatic rings. The van der Waals surface area contributed by atoms with Crippen molar-refractivity contribution in [3.63, 3.8) is 0 Å².